The lowest BCUT2D eigenvalue weighted by Crippen LogP contribution is -2.36. The van der Waals surface area contributed by atoms with Crippen molar-refractivity contribution in [1.82, 2.24) is 14.9 Å². The number of imidazole rings is 1. The maximum absolute atomic E-state index is 12.6. The lowest BCUT2D eigenvalue weighted by molar-refractivity contribution is 0.0492. The van der Waals surface area contributed by atoms with E-state index in [0.717, 1.165) is 42.4 Å². The van der Waals surface area contributed by atoms with Crippen LogP contribution in [0.2, 0.25) is 25.7 Å². The largest absolute Gasteiger partial charge is 0.444 e. The lowest BCUT2D eigenvalue weighted by atomic mass is 10.00. The molecule has 2 aromatic rings. The van der Waals surface area contributed by atoms with Crippen molar-refractivity contribution < 1.29 is 14.3 Å². The maximum atomic E-state index is 12.6. The van der Waals surface area contributed by atoms with Gasteiger partial charge in [0.25, 0.3) is 0 Å². The van der Waals surface area contributed by atoms with E-state index < -0.39 is 19.8 Å². The third-order valence-electron chi connectivity index (χ3n) is 5.59. The van der Waals surface area contributed by atoms with Gasteiger partial charge in [-0.2, -0.15) is 0 Å². The van der Waals surface area contributed by atoms with Gasteiger partial charge in [0, 0.05) is 26.4 Å². The van der Waals surface area contributed by atoms with E-state index in [9.17, 15) is 4.79 Å². The molecule has 0 saturated heterocycles. The summed E-state index contributed by atoms with van der Waals surface area (Å²) >= 11 is 0. The Kier molecular flexibility index (Phi) is 11.2. The van der Waals surface area contributed by atoms with Crippen LogP contribution >= 0.6 is 0 Å². The fourth-order valence-corrected chi connectivity index (χ4v) is 4.51. The van der Waals surface area contributed by atoms with Gasteiger partial charge in [-0.1, -0.05) is 56.1 Å². The van der Waals surface area contributed by atoms with E-state index in [1.807, 2.05) is 43.7 Å². The summed E-state index contributed by atoms with van der Waals surface area (Å²) in [5.41, 5.74) is 2.62. The number of nitrogens with one attached hydrogen (secondary N) is 1. The predicted molar refractivity (Wildman–Crippen MR) is 152 cm³/mol. The maximum Gasteiger partial charge on any atom is 0.408 e. The van der Waals surface area contributed by atoms with Crippen LogP contribution in [-0.4, -0.2) is 35.9 Å². The average Bonchev–Trinajstić information content (AvgIpc) is 3.19. The number of nitrogens with zero attached hydrogens (tertiary/aromatic N) is 2. The number of carbonyl (C=O) groups excluding carboxylic acids is 1. The molecule has 0 aliphatic rings. The van der Waals surface area contributed by atoms with Gasteiger partial charge in [-0.15, -0.1) is 13.2 Å². The van der Waals surface area contributed by atoms with Crippen molar-refractivity contribution in [3.05, 3.63) is 67.2 Å². The van der Waals surface area contributed by atoms with E-state index in [4.69, 9.17) is 14.5 Å². The number of aromatic nitrogens is 2. The molecule has 1 heterocycles. The Bertz CT molecular complexity index is 1000. The Morgan fingerprint density at radius 1 is 1.19 bits per heavy atom. The van der Waals surface area contributed by atoms with Gasteiger partial charge in [0.2, 0.25) is 0 Å². The predicted octanol–water partition coefficient (Wildman–Crippen LogP) is 7.51. The molecule has 0 radical (unpaired) electrons. The Morgan fingerprint density at radius 3 is 2.56 bits per heavy atom. The first-order chi connectivity index (χ1) is 16.9. The zero-order valence-corrected chi connectivity index (χ0v) is 24.1. The van der Waals surface area contributed by atoms with Crippen molar-refractivity contribution in [3.8, 4) is 11.3 Å². The number of hydrogen-bond acceptors (Lipinski definition) is 4. The first kappa shape index (κ1) is 29.6. The number of ether oxygens (including phenoxy) is 2. The second-order valence-electron chi connectivity index (χ2n) is 11.4. The fourth-order valence-electron chi connectivity index (χ4n) is 3.75. The van der Waals surface area contributed by atoms with Crippen LogP contribution in [0, 0.1) is 0 Å². The van der Waals surface area contributed by atoms with Gasteiger partial charge < -0.3 is 19.4 Å². The molecule has 0 unspecified atom stereocenters. The molecule has 36 heavy (non-hydrogen) atoms. The minimum Gasteiger partial charge on any atom is -0.444 e. The number of alkyl carbamates (subject to hydrolysis) is 1. The fraction of sp³-hybridized carbons (Fsp3) is 0.517. The smallest absolute Gasteiger partial charge is 0.408 e. The first-order valence-corrected chi connectivity index (χ1v) is 16.6. The van der Waals surface area contributed by atoms with E-state index in [1.165, 1.54) is 5.56 Å². The van der Waals surface area contributed by atoms with Crippen LogP contribution in [0.3, 0.4) is 0 Å². The van der Waals surface area contributed by atoms with Crippen molar-refractivity contribution in [3.63, 3.8) is 0 Å². The highest BCUT2D eigenvalue weighted by molar-refractivity contribution is 6.76. The number of allylic oxidation sites excluding steroid dienone is 1. The minimum atomic E-state index is -1.20. The second kappa shape index (κ2) is 13.6. The molecule has 0 aliphatic carbocycles. The quantitative estimate of drug-likeness (QED) is 0.162. The Hall–Kier alpha value is -2.64. The molecule has 1 N–H and O–H groups in total. The molecular formula is C29H45N3O3Si. The van der Waals surface area contributed by atoms with E-state index in [0.29, 0.717) is 19.8 Å². The van der Waals surface area contributed by atoms with Gasteiger partial charge in [-0.05, 0) is 58.1 Å². The van der Waals surface area contributed by atoms with Crippen molar-refractivity contribution in [2.24, 2.45) is 0 Å². The number of benzene rings is 1. The Labute approximate surface area is 218 Å². The second-order valence-corrected chi connectivity index (χ2v) is 17.0. The number of amides is 1. The molecule has 1 aromatic carbocycles. The van der Waals surface area contributed by atoms with Crippen LogP contribution < -0.4 is 5.32 Å². The molecule has 1 aromatic heterocycles. The van der Waals surface area contributed by atoms with Gasteiger partial charge in [0.05, 0.1) is 11.7 Å². The van der Waals surface area contributed by atoms with E-state index in [2.05, 4.69) is 56.3 Å². The van der Waals surface area contributed by atoms with Crippen LogP contribution in [0.1, 0.15) is 57.5 Å². The summed E-state index contributed by atoms with van der Waals surface area (Å²) in [5.74, 6) is 0.727. The van der Waals surface area contributed by atoms with E-state index >= 15 is 0 Å². The van der Waals surface area contributed by atoms with E-state index in [1.54, 1.807) is 6.08 Å². The molecule has 7 heteroatoms. The van der Waals surface area contributed by atoms with Crippen LogP contribution in [0.4, 0.5) is 4.79 Å². The number of aryl methyl sites for hydroxylation is 1. The summed E-state index contributed by atoms with van der Waals surface area (Å²) in [5, 5.41) is 2.99. The standard InChI is InChI=1S/C29H45N3O3Si/c1-9-11-12-16-23-17-13-14-18-24(23)26-21-32(22-34-19-20-36(6,7)8)27(30-26)25(15-10-2)31-28(33)35-29(3,4)5/h9-10,13-14,17-18,21,25H,1-2,11-12,15-16,19-20,22H2,3-8H3,(H,31,33)/t25-/m0/s1. The molecule has 198 valence electrons. The molecule has 0 fully saturated rings. The minimum absolute atomic E-state index is 0.370. The number of carbonyl (C=O) groups is 1. The zero-order chi connectivity index (χ0) is 26.8. The zero-order valence-electron chi connectivity index (χ0n) is 23.1. The summed E-state index contributed by atoms with van der Waals surface area (Å²) in [6.07, 6.45) is 8.77. The van der Waals surface area contributed by atoms with Gasteiger partial charge in [0.15, 0.2) is 0 Å². The molecular weight excluding hydrogens is 466 g/mol. The summed E-state index contributed by atoms with van der Waals surface area (Å²) in [4.78, 5) is 17.7. The van der Waals surface area contributed by atoms with Crippen LogP contribution in [0.15, 0.2) is 55.8 Å². The van der Waals surface area contributed by atoms with Crippen molar-refractivity contribution >= 4 is 14.2 Å². The molecule has 1 amide bonds. The van der Waals surface area contributed by atoms with E-state index in [-0.39, 0.29) is 6.04 Å². The molecule has 6 nitrogen and oxygen atoms in total. The molecule has 0 spiro atoms. The topological polar surface area (TPSA) is 65.4 Å². The Balaban J connectivity index is 2.39. The number of rotatable bonds is 14. The summed E-state index contributed by atoms with van der Waals surface area (Å²) < 4.78 is 13.6. The highest BCUT2D eigenvalue weighted by Gasteiger charge is 2.24. The third-order valence-corrected chi connectivity index (χ3v) is 7.29. The lowest BCUT2D eigenvalue weighted by Gasteiger charge is -2.23. The summed E-state index contributed by atoms with van der Waals surface area (Å²) in [6.45, 7) is 21.4. The van der Waals surface area contributed by atoms with Crippen LogP contribution in [0.5, 0.6) is 0 Å². The Morgan fingerprint density at radius 2 is 1.92 bits per heavy atom. The number of hydrogen-bond donors (Lipinski definition) is 1. The molecule has 1 atom stereocenters. The summed E-state index contributed by atoms with van der Waals surface area (Å²) in [6, 6.07) is 9.06. The monoisotopic (exact) mass is 511 g/mol. The molecule has 0 aliphatic heterocycles. The third kappa shape index (κ3) is 10.2. The van der Waals surface area contributed by atoms with Crippen LogP contribution in [0.25, 0.3) is 11.3 Å². The molecule has 0 saturated carbocycles. The normalized spacial score (nSPS) is 12.7. The summed E-state index contributed by atoms with van der Waals surface area (Å²) in [7, 11) is -1.20. The van der Waals surface area contributed by atoms with Gasteiger partial charge in [-0.25, -0.2) is 9.78 Å². The van der Waals surface area contributed by atoms with Gasteiger partial charge >= 0.3 is 6.09 Å². The molecule has 0 bridgehead atoms. The molecule has 2 rings (SSSR count). The highest BCUT2D eigenvalue weighted by Crippen LogP contribution is 2.28. The van der Waals surface area contributed by atoms with Gasteiger partial charge in [-0.3, -0.25) is 0 Å². The van der Waals surface area contributed by atoms with Crippen molar-refractivity contribution in [2.75, 3.05) is 6.61 Å². The highest BCUT2D eigenvalue weighted by atomic mass is 28.3. The van der Waals surface area contributed by atoms with Crippen LogP contribution in [-0.2, 0) is 22.6 Å². The van der Waals surface area contributed by atoms with Gasteiger partial charge in [0.1, 0.15) is 18.2 Å². The SMILES string of the molecule is C=CCCCc1ccccc1-c1cn(COCC[Si](C)(C)C)c([C@H](CC=C)NC(=O)OC(C)(C)C)n1. The average molecular weight is 512 g/mol. The van der Waals surface area contributed by atoms with Crippen molar-refractivity contribution in [2.45, 2.75) is 90.5 Å². The number of unbranched alkanes of at least 4 members (excludes halogenated alkanes) is 1. The first-order valence-electron chi connectivity index (χ1n) is 12.9. The van der Waals surface area contributed by atoms with Crippen molar-refractivity contribution in [1.29, 1.82) is 0 Å².